The summed E-state index contributed by atoms with van der Waals surface area (Å²) < 4.78 is 45.7. The van der Waals surface area contributed by atoms with Crippen LogP contribution in [0.5, 0.6) is 0 Å². The molecule has 1 aliphatic heterocycles. The van der Waals surface area contributed by atoms with E-state index in [1.165, 1.54) is 24.3 Å². The van der Waals surface area contributed by atoms with Gasteiger partial charge in [0.15, 0.2) is 0 Å². The molecule has 2 aromatic carbocycles. The van der Waals surface area contributed by atoms with Crippen LogP contribution in [0.4, 0.5) is 8.78 Å². The van der Waals surface area contributed by atoms with E-state index in [0.29, 0.717) is 12.2 Å². The summed E-state index contributed by atoms with van der Waals surface area (Å²) in [5.41, 5.74) is 6.38. The minimum Gasteiger partial charge on any atom is -0.399 e. The van der Waals surface area contributed by atoms with Crippen LogP contribution in [0.25, 0.3) is 39.2 Å². The fourth-order valence-corrected chi connectivity index (χ4v) is 5.58. The van der Waals surface area contributed by atoms with E-state index < -0.39 is 18.3 Å². The summed E-state index contributed by atoms with van der Waals surface area (Å²) in [5.74, 6) is -0.611. The van der Waals surface area contributed by atoms with Crippen molar-refractivity contribution in [2.45, 2.75) is 45.4 Å². The summed E-state index contributed by atoms with van der Waals surface area (Å²) in [6, 6.07) is 18.6. The molecule has 1 fully saturated rings. The number of fused-ring (bicyclic) bond motifs is 1. The summed E-state index contributed by atoms with van der Waals surface area (Å²) >= 11 is 0. The minimum absolute atomic E-state index is 0.295. The van der Waals surface area contributed by atoms with Crippen molar-refractivity contribution < 1.29 is 18.1 Å². The van der Waals surface area contributed by atoms with E-state index in [2.05, 4.69) is 10.2 Å². The topological polar surface area (TPSA) is 71.4 Å². The summed E-state index contributed by atoms with van der Waals surface area (Å²) in [6.45, 7) is 8.45. The molecule has 0 amide bonds. The number of hydrogen-bond donors (Lipinski definition) is 0. The average Bonchev–Trinajstić information content (AvgIpc) is 3.74. The Morgan fingerprint density at radius 3 is 1.98 bits per heavy atom. The molecule has 44 heavy (non-hydrogen) atoms. The van der Waals surface area contributed by atoms with Gasteiger partial charge in [-0.1, -0.05) is 0 Å². The molecular weight excluding hydrogens is 561 g/mol. The maximum atomic E-state index is 13.8. The van der Waals surface area contributed by atoms with Crippen LogP contribution in [-0.2, 0) is 22.9 Å². The zero-order chi connectivity index (χ0) is 30.8. The fourth-order valence-electron chi connectivity index (χ4n) is 5.58. The van der Waals surface area contributed by atoms with Gasteiger partial charge in [-0.15, -0.1) is 0 Å². The molecule has 222 valence electrons. The molecule has 8 nitrogen and oxygen atoms in total. The third kappa shape index (κ3) is 4.82. The van der Waals surface area contributed by atoms with Crippen LogP contribution >= 0.6 is 0 Å². The Labute approximate surface area is 254 Å². The highest BCUT2D eigenvalue weighted by molar-refractivity contribution is 6.63. The molecule has 11 heteroatoms. The van der Waals surface area contributed by atoms with Crippen molar-refractivity contribution in [2.24, 2.45) is 7.05 Å². The molecule has 4 aromatic heterocycles. The van der Waals surface area contributed by atoms with Crippen molar-refractivity contribution in [3.63, 3.8) is 0 Å². The number of aryl methyl sites for hydroxylation is 1. The van der Waals surface area contributed by atoms with Gasteiger partial charge in [-0.25, -0.2) is 13.3 Å². The first kappa shape index (κ1) is 28.2. The van der Waals surface area contributed by atoms with E-state index in [-0.39, 0.29) is 11.6 Å². The molecule has 0 saturated carbocycles. The quantitative estimate of drug-likeness (QED) is 0.226. The first-order valence-electron chi connectivity index (χ1n) is 14.4. The first-order valence-corrected chi connectivity index (χ1v) is 14.4. The third-order valence-corrected chi connectivity index (χ3v) is 8.61. The van der Waals surface area contributed by atoms with Gasteiger partial charge in [-0.2, -0.15) is 15.3 Å². The summed E-state index contributed by atoms with van der Waals surface area (Å²) in [4.78, 5) is 0. The molecule has 0 spiro atoms. The molecule has 0 bridgehead atoms. The van der Waals surface area contributed by atoms with Crippen LogP contribution in [0.1, 0.15) is 33.4 Å². The van der Waals surface area contributed by atoms with Crippen LogP contribution in [0.2, 0.25) is 0 Å². The van der Waals surface area contributed by atoms with Crippen LogP contribution < -0.4 is 5.46 Å². The molecule has 0 unspecified atom stereocenters. The van der Waals surface area contributed by atoms with Gasteiger partial charge in [0.05, 0.1) is 34.7 Å². The molecule has 1 saturated heterocycles. The standard InChI is InChI=1S/C33H31BF2N6O2/c1-32(2)33(3,4)44-34(43-32)28-20-41(39-31(28)22-8-12-24(36)13-9-22)18-25-14-15-29-26(16-17-37-42(25)29)27-19-40(5)38-30(27)21-6-10-23(35)11-7-21/h6-17,19-20H,18H2,1-5H3. The summed E-state index contributed by atoms with van der Waals surface area (Å²) in [7, 11) is 1.23. The Hall–Kier alpha value is -4.61. The molecule has 1 aliphatic rings. The fraction of sp³-hybridized carbons (Fsp3) is 0.242. The van der Waals surface area contributed by atoms with Gasteiger partial charge < -0.3 is 9.31 Å². The van der Waals surface area contributed by atoms with Crippen molar-refractivity contribution in [2.75, 3.05) is 0 Å². The Morgan fingerprint density at radius 2 is 1.34 bits per heavy atom. The van der Waals surface area contributed by atoms with E-state index in [1.54, 1.807) is 35.1 Å². The monoisotopic (exact) mass is 592 g/mol. The van der Waals surface area contributed by atoms with Crippen molar-refractivity contribution in [1.29, 1.82) is 0 Å². The van der Waals surface area contributed by atoms with E-state index in [0.717, 1.165) is 44.6 Å². The van der Waals surface area contributed by atoms with Crippen LogP contribution in [0.15, 0.2) is 85.3 Å². The Balaban J connectivity index is 1.27. The second kappa shape index (κ2) is 10.2. The van der Waals surface area contributed by atoms with Gasteiger partial charge >= 0.3 is 7.12 Å². The molecule has 7 rings (SSSR count). The summed E-state index contributed by atoms with van der Waals surface area (Å²) in [6.07, 6.45) is 5.65. The van der Waals surface area contributed by atoms with Gasteiger partial charge in [0, 0.05) is 53.4 Å². The molecule has 0 N–H and O–H groups in total. The maximum absolute atomic E-state index is 13.8. The van der Waals surface area contributed by atoms with Crippen molar-refractivity contribution in [3.05, 3.63) is 103 Å². The van der Waals surface area contributed by atoms with E-state index in [1.807, 2.05) is 74.5 Å². The van der Waals surface area contributed by atoms with E-state index >= 15 is 0 Å². The first-order chi connectivity index (χ1) is 21.0. The Kier molecular flexibility index (Phi) is 6.56. The normalized spacial score (nSPS) is 15.8. The Morgan fingerprint density at radius 1 is 0.727 bits per heavy atom. The second-order valence-electron chi connectivity index (χ2n) is 12.2. The lowest BCUT2D eigenvalue weighted by atomic mass is 9.78. The van der Waals surface area contributed by atoms with Gasteiger partial charge in [0.25, 0.3) is 0 Å². The number of hydrogen-bond acceptors (Lipinski definition) is 5. The minimum atomic E-state index is -0.641. The molecule has 0 radical (unpaired) electrons. The molecule has 6 aromatic rings. The van der Waals surface area contributed by atoms with Crippen LogP contribution in [0.3, 0.4) is 0 Å². The largest absolute Gasteiger partial charge is 0.498 e. The highest BCUT2D eigenvalue weighted by Gasteiger charge is 2.52. The molecular formula is C33H31BF2N6O2. The van der Waals surface area contributed by atoms with Crippen molar-refractivity contribution in [1.82, 2.24) is 29.2 Å². The SMILES string of the molecule is Cn1cc(-c2ccnn3c(Cn4cc(B5OC(C)(C)C(C)(C)O5)c(-c5ccc(F)cc5)n4)ccc23)c(-c2ccc(F)cc2)n1. The smallest absolute Gasteiger partial charge is 0.399 e. The predicted octanol–water partition coefficient (Wildman–Crippen LogP) is 5.89. The van der Waals surface area contributed by atoms with Crippen molar-refractivity contribution in [3.8, 4) is 33.6 Å². The molecule has 5 heterocycles. The lowest BCUT2D eigenvalue weighted by molar-refractivity contribution is 0.00578. The third-order valence-electron chi connectivity index (χ3n) is 8.61. The number of nitrogens with zero attached hydrogens (tertiary/aromatic N) is 6. The van der Waals surface area contributed by atoms with Gasteiger partial charge in [-0.3, -0.25) is 9.36 Å². The van der Waals surface area contributed by atoms with Gasteiger partial charge in [0.2, 0.25) is 0 Å². The predicted molar refractivity (Wildman–Crippen MR) is 165 cm³/mol. The van der Waals surface area contributed by atoms with E-state index in [4.69, 9.17) is 14.4 Å². The average molecular weight is 592 g/mol. The molecule has 0 aliphatic carbocycles. The molecule has 0 atom stereocenters. The second-order valence-corrected chi connectivity index (χ2v) is 12.2. The lowest BCUT2D eigenvalue weighted by Gasteiger charge is -2.32. The number of halogens is 2. The Bertz CT molecular complexity index is 1980. The number of aromatic nitrogens is 6. The van der Waals surface area contributed by atoms with Crippen molar-refractivity contribution >= 4 is 18.1 Å². The maximum Gasteiger partial charge on any atom is 0.498 e. The highest BCUT2D eigenvalue weighted by Crippen LogP contribution is 2.38. The zero-order valence-corrected chi connectivity index (χ0v) is 25.1. The van der Waals surface area contributed by atoms with E-state index in [9.17, 15) is 8.78 Å². The van der Waals surface area contributed by atoms with Gasteiger partial charge in [0.1, 0.15) is 17.3 Å². The van der Waals surface area contributed by atoms with Crippen LogP contribution in [0, 0.1) is 11.6 Å². The highest BCUT2D eigenvalue weighted by atomic mass is 19.1. The number of benzene rings is 2. The van der Waals surface area contributed by atoms with Gasteiger partial charge in [-0.05, 0) is 94.4 Å². The summed E-state index contributed by atoms with van der Waals surface area (Å²) in [5, 5.41) is 14.3. The lowest BCUT2D eigenvalue weighted by Crippen LogP contribution is -2.41. The van der Waals surface area contributed by atoms with Crippen LogP contribution in [-0.4, -0.2) is 47.5 Å². The number of rotatable bonds is 6. The zero-order valence-electron chi connectivity index (χ0n) is 25.1.